The number of nitrogens with zero attached hydrogens (tertiary/aromatic N) is 3. The number of piperidine rings is 1. The Labute approximate surface area is 175 Å². The molecule has 1 aromatic carbocycles. The van der Waals surface area contributed by atoms with Crippen molar-refractivity contribution in [1.82, 2.24) is 14.1 Å². The molecular weight excluding hydrogens is 386 g/mol. The van der Waals surface area contributed by atoms with Crippen LogP contribution in [-0.2, 0) is 14.8 Å². The third-order valence-corrected chi connectivity index (χ3v) is 8.97. The van der Waals surface area contributed by atoms with E-state index in [1.807, 2.05) is 12.1 Å². The van der Waals surface area contributed by atoms with Gasteiger partial charge in [-0.2, -0.15) is 4.31 Å². The van der Waals surface area contributed by atoms with Crippen LogP contribution in [0.25, 0.3) is 0 Å². The Balaban J connectivity index is 1.36. The molecule has 0 saturated carbocycles. The maximum Gasteiger partial charge on any atom is 0.243 e. The number of sulfonamides is 1. The summed E-state index contributed by atoms with van der Waals surface area (Å²) in [6.07, 6.45) is 2.62. The fourth-order valence-electron chi connectivity index (χ4n) is 4.90. The van der Waals surface area contributed by atoms with Gasteiger partial charge in [0.1, 0.15) is 0 Å². The number of piperazine rings is 1. The van der Waals surface area contributed by atoms with Gasteiger partial charge >= 0.3 is 0 Å². The first-order valence-electron chi connectivity index (χ1n) is 11.0. The SMILES string of the molecule is CC(C)c1ccc(S(=O)(=O)N2CCC3(CC2)CC(N2CCN(C)CC2)CO3)cc1. The Kier molecular flexibility index (Phi) is 6.06. The van der Waals surface area contributed by atoms with Gasteiger partial charge in [0.15, 0.2) is 0 Å². The van der Waals surface area contributed by atoms with Crippen LogP contribution in [0.5, 0.6) is 0 Å². The van der Waals surface area contributed by atoms with Crippen molar-refractivity contribution in [1.29, 1.82) is 0 Å². The lowest BCUT2D eigenvalue weighted by Gasteiger charge is -2.39. The minimum absolute atomic E-state index is 0.137. The van der Waals surface area contributed by atoms with E-state index in [9.17, 15) is 8.42 Å². The van der Waals surface area contributed by atoms with E-state index in [1.165, 1.54) is 0 Å². The van der Waals surface area contributed by atoms with E-state index in [2.05, 4.69) is 30.7 Å². The average molecular weight is 422 g/mol. The molecule has 162 valence electrons. The molecule has 7 heteroatoms. The topological polar surface area (TPSA) is 53.1 Å². The zero-order valence-corrected chi connectivity index (χ0v) is 18.8. The van der Waals surface area contributed by atoms with E-state index in [0.717, 1.165) is 57.6 Å². The molecule has 4 rings (SSSR count). The first-order valence-corrected chi connectivity index (χ1v) is 12.4. The summed E-state index contributed by atoms with van der Waals surface area (Å²) >= 11 is 0. The average Bonchev–Trinajstić information content (AvgIpc) is 3.12. The Morgan fingerprint density at radius 3 is 2.21 bits per heavy atom. The van der Waals surface area contributed by atoms with Crippen molar-refractivity contribution in [2.45, 2.75) is 55.6 Å². The van der Waals surface area contributed by atoms with Gasteiger partial charge in [-0.25, -0.2) is 8.42 Å². The molecule has 0 aromatic heterocycles. The summed E-state index contributed by atoms with van der Waals surface area (Å²) in [5.41, 5.74) is 1.03. The quantitative estimate of drug-likeness (QED) is 0.747. The fourth-order valence-corrected chi connectivity index (χ4v) is 6.34. The first kappa shape index (κ1) is 21.2. The predicted molar refractivity (Wildman–Crippen MR) is 115 cm³/mol. The molecule has 0 N–H and O–H groups in total. The standard InChI is InChI=1S/C22H35N3O3S/c1-18(2)19-4-6-21(7-5-19)29(26,27)25-10-8-22(9-11-25)16-20(17-28-22)24-14-12-23(3)13-15-24/h4-7,18,20H,8-17H2,1-3H3. The predicted octanol–water partition coefficient (Wildman–Crippen LogP) is 2.37. The third kappa shape index (κ3) is 4.39. The second kappa shape index (κ2) is 8.27. The van der Waals surface area contributed by atoms with Gasteiger partial charge in [0.2, 0.25) is 10.0 Å². The summed E-state index contributed by atoms with van der Waals surface area (Å²) < 4.78 is 34.1. The molecule has 1 atom stereocenters. The van der Waals surface area contributed by atoms with Crippen LogP contribution in [0.1, 0.15) is 44.6 Å². The van der Waals surface area contributed by atoms with E-state index in [-0.39, 0.29) is 5.60 Å². The highest BCUT2D eigenvalue weighted by molar-refractivity contribution is 7.89. The Hall–Kier alpha value is -0.990. The van der Waals surface area contributed by atoms with Crippen molar-refractivity contribution in [2.75, 3.05) is 52.9 Å². The Morgan fingerprint density at radius 1 is 1.00 bits per heavy atom. The molecule has 0 bridgehead atoms. The van der Waals surface area contributed by atoms with Gasteiger partial charge in [-0.3, -0.25) is 4.90 Å². The number of hydrogen-bond acceptors (Lipinski definition) is 5. The minimum atomic E-state index is -3.43. The molecule has 3 fully saturated rings. The summed E-state index contributed by atoms with van der Waals surface area (Å²) in [5, 5.41) is 0. The zero-order chi connectivity index (χ0) is 20.6. The van der Waals surface area contributed by atoms with Crippen molar-refractivity contribution >= 4 is 10.0 Å². The van der Waals surface area contributed by atoms with Gasteiger partial charge in [-0.15, -0.1) is 0 Å². The molecule has 0 radical (unpaired) electrons. The van der Waals surface area contributed by atoms with E-state index in [4.69, 9.17) is 4.74 Å². The molecule has 0 amide bonds. The van der Waals surface area contributed by atoms with E-state index >= 15 is 0 Å². The highest BCUT2D eigenvalue weighted by Crippen LogP contribution is 2.39. The largest absolute Gasteiger partial charge is 0.373 e. The number of rotatable bonds is 4. The summed E-state index contributed by atoms with van der Waals surface area (Å²) in [4.78, 5) is 5.34. The highest BCUT2D eigenvalue weighted by Gasteiger charge is 2.46. The molecule has 3 aliphatic rings. The monoisotopic (exact) mass is 421 g/mol. The highest BCUT2D eigenvalue weighted by atomic mass is 32.2. The van der Waals surface area contributed by atoms with Crippen LogP contribution in [0.2, 0.25) is 0 Å². The third-order valence-electron chi connectivity index (χ3n) is 7.06. The summed E-state index contributed by atoms with van der Waals surface area (Å²) in [7, 11) is -1.25. The number of benzene rings is 1. The normalized spacial score (nSPS) is 27.1. The van der Waals surface area contributed by atoms with Gasteiger partial charge in [0.05, 0.1) is 17.1 Å². The van der Waals surface area contributed by atoms with Gasteiger partial charge in [0.25, 0.3) is 0 Å². The lowest BCUT2D eigenvalue weighted by Crippen LogP contribution is -2.50. The van der Waals surface area contributed by atoms with Crippen LogP contribution < -0.4 is 0 Å². The molecule has 6 nitrogen and oxygen atoms in total. The minimum Gasteiger partial charge on any atom is -0.373 e. The smallest absolute Gasteiger partial charge is 0.243 e. The first-order chi connectivity index (χ1) is 13.8. The molecule has 3 saturated heterocycles. The van der Waals surface area contributed by atoms with E-state index in [0.29, 0.717) is 29.9 Å². The molecule has 3 heterocycles. The summed E-state index contributed by atoms with van der Waals surface area (Å²) in [6.45, 7) is 10.5. The van der Waals surface area contributed by atoms with Crippen molar-refractivity contribution in [3.8, 4) is 0 Å². The van der Waals surface area contributed by atoms with Crippen molar-refractivity contribution < 1.29 is 13.2 Å². The number of likely N-dealkylation sites (N-methyl/N-ethyl adjacent to an activating group) is 1. The lowest BCUT2D eigenvalue weighted by atomic mass is 9.88. The summed E-state index contributed by atoms with van der Waals surface area (Å²) in [5.74, 6) is 0.398. The second-order valence-corrected chi connectivity index (χ2v) is 11.3. The van der Waals surface area contributed by atoms with Crippen molar-refractivity contribution in [3.05, 3.63) is 29.8 Å². The van der Waals surface area contributed by atoms with Crippen molar-refractivity contribution in [2.24, 2.45) is 0 Å². The van der Waals surface area contributed by atoms with Crippen LogP contribution in [0.3, 0.4) is 0 Å². The van der Waals surface area contributed by atoms with Crippen molar-refractivity contribution in [3.63, 3.8) is 0 Å². The number of hydrogen-bond donors (Lipinski definition) is 0. The molecule has 1 aromatic rings. The van der Waals surface area contributed by atoms with Gasteiger partial charge in [-0.1, -0.05) is 26.0 Å². The van der Waals surface area contributed by atoms with Gasteiger partial charge in [-0.05, 0) is 49.9 Å². The van der Waals surface area contributed by atoms with Crippen LogP contribution in [-0.4, -0.2) is 87.1 Å². The molecular formula is C22H35N3O3S. The lowest BCUT2D eigenvalue weighted by molar-refractivity contribution is -0.0319. The number of ether oxygens (including phenoxy) is 1. The molecule has 3 aliphatic heterocycles. The molecule has 1 unspecified atom stereocenters. The fraction of sp³-hybridized carbons (Fsp3) is 0.727. The zero-order valence-electron chi connectivity index (χ0n) is 18.0. The van der Waals surface area contributed by atoms with E-state index in [1.54, 1.807) is 16.4 Å². The van der Waals surface area contributed by atoms with Crippen LogP contribution >= 0.6 is 0 Å². The Bertz CT molecular complexity index is 793. The van der Waals surface area contributed by atoms with Crippen LogP contribution in [0, 0.1) is 0 Å². The van der Waals surface area contributed by atoms with Crippen LogP contribution in [0.4, 0.5) is 0 Å². The molecule has 0 aliphatic carbocycles. The molecule has 29 heavy (non-hydrogen) atoms. The Morgan fingerprint density at radius 2 is 1.62 bits per heavy atom. The maximum atomic E-state index is 13.1. The second-order valence-electron chi connectivity index (χ2n) is 9.32. The molecule has 1 spiro atoms. The summed E-state index contributed by atoms with van der Waals surface area (Å²) in [6, 6.07) is 7.86. The van der Waals surface area contributed by atoms with Gasteiger partial charge in [0, 0.05) is 45.3 Å². The van der Waals surface area contributed by atoms with Crippen LogP contribution in [0.15, 0.2) is 29.2 Å². The van der Waals surface area contributed by atoms with Gasteiger partial charge < -0.3 is 9.64 Å². The maximum absolute atomic E-state index is 13.1. The van der Waals surface area contributed by atoms with E-state index < -0.39 is 10.0 Å².